The highest BCUT2D eigenvalue weighted by Crippen LogP contribution is 2.38. The highest BCUT2D eigenvalue weighted by molar-refractivity contribution is 7.17. The van der Waals surface area contributed by atoms with Crippen LogP contribution in [-0.4, -0.2) is 42.3 Å². The number of carboxylic acids is 2. The van der Waals surface area contributed by atoms with Crippen LogP contribution in [0.4, 0.5) is 11.4 Å². The minimum absolute atomic E-state index is 0.296. The number of hydrogen-bond acceptors (Lipinski definition) is 5. The van der Waals surface area contributed by atoms with Gasteiger partial charge in [-0.25, -0.2) is 0 Å². The first kappa shape index (κ1) is 23.1. The zero-order valence-corrected chi connectivity index (χ0v) is 18.8. The van der Waals surface area contributed by atoms with E-state index in [0.717, 1.165) is 36.6 Å². The number of benzene rings is 2. The van der Waals surface area contributed by atoms with Gasteiger partial charge in [0.15, 0.2) is 0 Å². The summed E-state index contributed by atoms with van der Waals surface area (Å²) in [5.74, 6) is -2.15. The molecule has 0 aliphatic carbocycles. The van der Waals surface area contributed by atoms with E-state index in [4.69, 9.17) is 21.8 Å². The third-order valence-corrected chi connectivity index (χ3v) is 6.35. The Balaban J connectivity index is 0.000000293. The molecule has 3 N–H and O–H groups in total. The molecule has 6 nitrogen and oxygen atoms in total. The summed E-state index contributed by atoms with van der Waals surface area (Å²) in [6.45, 7) is 2.05. The first-order valence-corrected chi connectivity index (χ1v) is 11.3. The molecule has 4 rings (SSSR count). The number of nitrogens with zero attached hydrogens (tertiary/aromatic N) is 1. The summed E-state index contributed by atoms with van der Waals surface area (Å²) >= 11 is 8.38. The molecule has 0 bridgehead atoms. The fourth-order valence-electron chi connectivity index (χ4n) is 3.58. The van der Waals surface area contributed by atoms with Gasteiger partial charge in [-0.2, -0.15) is 0 Å². The molecule has 2 aromatic carbocycles. The second-order valence-corrected chi connectivity index (χ2v) is 8.63. The Bertz CT molecular complexity index is 1070. The van der Waals surface area contributed by atoms with Crippen LogP contribution in [0.25, 0.3) is 10.1 Å². The summed E-state index contributed by atoms with van der Waals surface area (Å²) in [4.78, 5) is 21.5. The number of halogens is 1. The van der Waals surface area contributed by atoms with Crippen molar-refractivity contribution in [2.45, 2.75) is 25.7 Å². The van der Waals surface area contributed by atoms with E-state index >= 15 is 0 Å². The Morgan fingerprint density at radius 3 is 2.48 bits per heavy atom. The van der Waals surface area contributed by atoms with Crippen LogP contribution in [0, 0.1) is 0 Å². The van der Waals surface area contributed by atoms with Gasteiger partial charge in [0.1, 0.15) is 0 Å². The molecule has 31 heavy (non-hydrogen) atoms. The third kappa shape index (κ3) is 5.97. The highest BCUT2D eigenvalue weighted by atomic mass is 35.5. The average Bonchev–Trinajstić information content (AvgIpc) is 3.08. The number of carbonyl (C=O) groups is 2. The quantitative estimate of drug-likeness (QED) is 0.499. The van der Waals surface area contributed by atoms with E-state index in [0.29, 0.717) is 0 Å². The van der Waals surface area contributed by atoms with E-state index in [2.05, 4.69) is 53.0 Å². The maximum atomic E-state index is 9.64. The topological polar surface area (TPSA) is 89.9 Å². The number of rotatable bonds is 5. The van der Waals surface area contributed by atoms with Gasteiger partial charge in [-0.15, -0.1) is 11.3 Å². The number of anilines is 2. The summed E-state index contributed by atoms with van der Waals surface area (Å²) in [6.07, 6.45) is 1.50. The molecule has 164 valence electrons. The van der Waals surface area contributed by atoms with Gasteiger partial charge >= 0.3 is 11.9 Å². The summed E-state index contributed by atoms with van der Waals surface area (Å²) < 4.78 is 1.31. The lowest BCUT2D eigenvalue weighted by Gasteiger charge is -2.25. The standard InChI is InChI=1S/C19H19ClN2S.C4H6O4/c1-22(15-4-2-14-8-11-23-18(14)12-15)19-16-7-10-21-9-6-13(16)3-5-17(19)20;5-3(6)1-2-4(7)8/h2-5,8,11-12,21H,6-7,9-10H2,1H3;1-2H2,(H,5,6)(H,7,8). The van der Waals surface area contributed by atoms with E-state index < -0.39 is 11.9 Å². The van der Waals surface area contributed by atoms with E-state index in [-0.39, 0.29) is 12.8 Å². The summed E-state index contributed by atoms with van der Waals surface area (Å²) in [7, 11) is 2.12. The predicted octanol–water partition coefficient (Wildman–Crippen LogP) is 4.95. The molecular weight excluding hydrogens is 436 g/mol. The zero-order chi connectivity index (χ0) is 22.4. The number of thiophene rings is 1. The number of hydrogen-bond donors (Lipinski definition) is 3. The molecule has 0 spiro atoms. The Morgan fingerprint density at radius 1 is 1.06 bits per heavy atom. The zero-order valence-electron chi connectivity index (χ0n) is 17.2. The Hall–Kier alpha value is -2.61. The molecule has 0 radical (unpaired) electrons. The van der Waals surface area contributed by atoms with E-state index in [1.165, 1.54) is 26.9 Å². The average molecular weight is 461 g/mol. The summed E-state index contributed by atoms with van der Waals surface area (Å²) in [5, 5.41) is 23.6. The predicted molar refractivity (Wildman–Crippen MR) is 126 cm³/mol. The lowest BCUT2D eigenvalue weighted by atomic mass is 10.00. The van der Waals surface area contributed by atoms with Crippen molar-refractivity contribution >= 4 is 56.3 Å². The van der Waals surface area contributed by atoms with Crippen molar-refractivity contribution in [3.05, 3.63) is 57.9 Å². The minimum atomic E-state index is -1.08. The van der Waals surface area contributed by atoms with Crippen molar-refractivity contribution in [3.63, 3.8) is 0 Å². The van der Waals surface area contributed by atoms with Gasteiger partial charge in [-0.1, -0.05) is 23.7 Å². The van der Waals surface area contributed by atoms with E-state index in [1.807, 2.05) is 6.07 Å². The molecule has 0 saturated carbocycles. The molecule has 0 unspecified atom stereocenters. The Morgan fingerprint density at radius 2 is 1.77 bits per heavy atom. The number of nitrogens with one attached hydrogen (secondary N) is 1. The van der Waals surface area contributed by atoms with E-state index in [9.17, 15) is 9.59 Å². The van der Waals surface area contributed by atoms with Crippen molar-refractivity contribution in [2.75, 3.05) is 25.0 Å². The number of fused-ring (bicyclic) bond motifs is 2. The van der Waals surface area contributed by atoms with Gasteiger partial charge in [-0.05, 0) is 72.1 Å². The molecule has 8 heteroatoms. The first-order chi connectivity index (χ1) is 14.9. The van der Waals surface area contributed by atoms with Crippen molar-refractivity contribution in [3.8, 4) is 0 Å². The molecule has 3 aromatic rings. The second kappa shape index (κ2) is 10.6. The van der Waals surface area contributed by atoms with Crippen LogP contribution in [0.1, 0.15) is 24.0 Å². The number of aliphatic carboxylic acids is 2. The van der Waals surface area contributed by atoms with Gasteiger partial charge in [-0.3, -0.25) is 9.59 Å². The van der Waals surface area contributed by atoms with E-state index in [1.54, 1.807) is 11.3 Å². The van der Waals surface area contributed by atoms with Crippen LogP contribution in [0.15, 0.2) is 41.8 Å². The number of carboxylic acid groups (broad SMARTS) is 2. The van der Waals surface area contributed by atoms with Gasteiger partial charge in [0.25, 0.3) is 0 Å². The molecule has 0 amide bonds. The fourth-order valence-corrected chi connectivity index (χ4v) is 4.71. The van der Waals surface area contributed by atoms with Crippen LogP contribution < -0.4 is 10.2 Å². The monoisotopic (exact) mass is 460 g/mol. The van der Waals surface area contributed by atoms with Crippen molar-refractivity contribution in [1.29, 1.82) is 0 Å². The lowest BCUT2D eigenvalue weighted by Crippen LogP contribution is -2.17. The highest BCUT2D eigenvalue weighted by Gasteiger charge is 2.18. The largest absolute Gasteiger partial charge is 0.481 e. The molecule has 2 heterocycles. The molecule has 1 aliphatic heterocycles. The molecule has 0 saturated heterocycles. The first-order valence-electron chi connectivity index (χ1n) is 10.0. The maximum Gasteiger partial charge on any atom is 0.303 e. The van der Waals surface area contributed by atoms with Crippen molar-refractivity contribution < 1.29 is 19.8 Å². The fraction of sp³-hybridized carbons (Fsp3) is 0.304. The SMILES string of the molecule is CN(c1ccc2ccsc2c1)c1c(Cl)ccc2c1CCNCC2.O=C(O)CCC(=O)O. The Labute approximate surface area is 190 Å². The van der Waals surface area contributed by atoms with Crippen LogP contribution in [0.3, 0.4) is 0 Å². The summed E-state index contributed by atoms with van der Waals surface area (Å²) in [6, 6.07) is 13.0. The molecular formula is C23H25ClN2O4S. The van der Waals surface area contributed by atoms with Crippen molar-refractivity contribution in [2.24, 2.45) is 0 Å². The Kier molecular flexibility index (Phi) is 7.90. The van der Waals surface area contributed by atoms with Gasteiger partial charge in [0, 0.05) is 17.4 Å². The minimum Gasteiger partial charge on any atom is -0.481 e. The molecule has 1 aliphatic rings. The van der Waals surface area contributed by atoms with Crippen molar-refractivity contribution in [1.82, 2.24) is 5.32 Å². The molecule has 0 fully saturated rings. The third-order valence-electron chi connectivity index (χ3n) is 5.17. The van der Waals surface area contributed by atoms with Crippen LogP contribution in [-0.2, 0) is 22.4 Å². The van der Waals surface area contributed by atoms with Gasteiger partial charge in [0.2, 0.25) is 0 Å². The normalized spacial score (nSPS) is 13.0. The molecule has 1 aromatic heterocycles. The van der Waals surface area contributed by atoms with Gasteiger partial charge < -0.3 is 20.4 Å². The lowest BCUT2D eigenvalue weighted by molar-refractivity contribution is -0.143. The summed E-state index contributed by atoms with van der Waals surface area (Å²) in [5.41, 5.74) is 5.14. The molecule has 0 atom stereocenters. The van der Waals surface area contributed by atoms with Crippen LogP contribution >= 0.6 is 22.9 Å². The maximum absolute atomic E-state index is 9.64. The van der Waals surface area contributed by atoms with Crippen LogP contribution in [0.2, 0.25) is 5.02 Å². The smallest absolute Gasteiger partial charge is 0.303 e. The van der Waals surface area contributed by atoms with Crippen LogP contribution in [0.5, 0.6) is 0 Å². The van der Waals surface area contributed by atoms with Gasteiger partial charge in [0.05, 0.1) is 23.6 Å². The second-order valence-electron chi connectivity index (χ2n) is 7.27.